The highest BCUT2D eigenvalue weighted by molar-refractivity contribution is 4.87. The fourth-order valence-corrected chi connectivity index (χ4v) is 1.08. The van der Waals surface area contributed by atoms with Crippen LogP contribution >= 0.6 is 0 Å². The number of ether oxygens (including phenoxy) is 1. The van der Waals surface area contributed by atoms with Gasteiger partial charge in [-0.25, -0.2) is 0 Å². The van der Waals surface area contributed by atoms with Crippen molar-refractivity contribution in [2.24, 2.45) is 0 Å². The molecule has 0 spiro atoms. The minimum Gasteiger partial charge on any atom is -0.412 e. The SMILES string of the molecule is O.OC[C@@H]1OC(O)[C@@H](O)[C@H](O)[C@@H]1O. The molecular weight excluding hydrogens is 184 g/mol. The van der Waals surface area contributed by atoms with Crippen LogP contribution < -0.4 is 0 Å². The maximum absolute atomic E-state index is 9.12. The van der Waals surface area contributed by atoms with Gasteiger partial charge in [-0.2, -0.15) is 0 Å². The summed E-state index contributed by atoms with van der Waals surface area (Å²) in [5, 5.41) is 44.7. The average Bonchev–Trinajstić information content (AvgIpc) is 2.08. The van der Waals surface area contributed by atoms with E-state index >= 15 is 0 Å². The lowest BCUT2D eigenvalue weighted by molar-refractivity contribution is -0.286. The molecule has 1 aliphatic heterocycles. The van der Waals surface area contributed by atoms with Crippen molar-refractivity contribution in [1.82, 2.24) is 0 Å². The van der Waals surface area contributed by atoms with Gasteiger partial charge in [0, 0.05) is 0 Å². The van der Waals surface area contributed by atoms with Gasteiger partial charge >= 0.3 is 0 Å². The fraction of sp³-hybridized carbons (Fsp3) is 1.00. The summed E-state index contributed by atoms with van der Waals surface area (Å²) in [6.07, 6.45) is -7.04. The second kappa shape index (κ2) is 4.82. The normalized spacial score (nSPS) is 45.5. The van der Waals surface area contributed by atoms with Gasteiger partial charge in [-0.15, -0.1) is 0 Å². The minimum atomic E-state index is -1.57. The molecule has 1 unspecified atom stereocenters. The molecule has 13 heavy (non-hydrogen) atoms. The molecular formula is C6H14O7. The zero-order valence-electron chi connectivity index (χ0n) is 6.74. The van der Waals surface area contributed by atoms with E-state index in [1.165, 1.54) is 0 Å². The molecule has 0 radical (unpaired) electrons. The molecule has 0 aromatic rings. The van der Waals surface area contributed by atoms with Crippen molar-refractivity contribution in [3.8, 4) is 0 Å². The quantitative estimate of drug-likeness (QED) is 0.290. The molecule has 0 amide bonds. The van der Waals surface area contributed by atoms with Crippen LogP contribution in [0.4, 0.5) is 0 Å². The lowest BCUT2D eigenvalue weighted by atomic mass is 10.00. The van der Waals surface area contributed by atoms with Crippen LogP contribution in [0.3, 0.4) is 0 Å². The van der Waals surface area contributed by atoms with Gasteiger partial charge in [-0.3, -0.25) is 0 Å². The molecule has 0 aromatic carbocycles. The van der Waals surface area contributed by atoms with Gasteiger partial charge in [0.05, 0.1) is 6.61 Å². The molecule has 0 saturated carbocycles. The van der Waals surface area contributed by atoms with Gasteiger partial charge in [0.25, 0.3) is 0 Å². The van der Waals surface area contributed by atoms with E-state index in [-0.39, 0.29) is 5.48 Å². The fourth-order valence-electron chi connectivity index (χ4n) is 1.08. The molecule has 0 bridgehead atoms. The summed E-state index contributed by atoms with van der Waals surface area (Å²) in [5.74, 6) is 0. The monoisotopic (exact) mass is 198 g/mol. The van der Waals surface area contributed by atoms with E-state index in [9.17, 15) is 0 Å². The summed E-state index contributed by atoms with van der Waals surface area (Å²) >= 11 is 0. The zero-order chi connectivity index (χ0) is 9.30. The number of rotatable bonds is 1. The van der Waals surface area contributed by atoms with Crippen LogP contribution in [-0.2, 0) is 4.74 Å². The lowest BCUT2D eigenvalue weighted by Crippen LogP contribution is -2.58. The van der Waals surface area contributed by atoms with Crippen molar-refractivity contribution in [3.05, 3.63) is 0 Å². The van der Waals surface area contributed by atoms with E-state index in [0.717, 1.165) is 0 Å². The summed E-state index contributed by atoms with van der Waals surface area (Å²) in [7, 11) is 0. The third-order valence-corrected chi connectivity index (χ3v) is 1.87. The van der Waals surface area contributed by atoms with E-state index in [1.54, 1.807) is 0 Å². The lowest BCUT2D eigenvalue weighted by Gasteiger charge is -2.37. The van der Waals surface area contributed by atoms with Gasteiger partial charge in [-0.1, -0.05) is 0 Å². The topological polar surface area (TPSA) is 142 Å². The van der Waals surface area contributed by atoms with E-state index in [2.05, 4.69) is 4.74 Å². The highest BCUT2D eigenvalue weighted by Crippen LogP contribution is 2.18. The van der Waals surface area contributed by atoms with Crippen LogP contribution in [0.25, 0.3) is 0 Å². The van der Waals surface area contributed by atoms with Crippen molar-refractivity contribution in [3.63, 3.8) is 0 Å². The van der Waals surface area contributed by atoms with Crippen molar-refractivity contribution in [1.29, 1.82) is 0 Å². The largest absolute Gasteiger partial charge is 0.412 e. The van der Waals surface area contributed by atoms with E-state index in [0.29, 0.717) is 0 Å². The van der Waals surface area contributed by atoms with Crippen LogP contribution in [0.2, 0.25) is 0 Å². The molecule has 1 fully saturated rings. The third-order valence-electron chi connectivity index (χ3n) is 1.87. The summed E-state index contributed by atoms with van der Waals surface area (Å²) < 4.78 is 4.58. The Kier molecular flexibility index (Phi) is 4.71. The van der Waals surface area contributed by atoms with Crippen molar-refractivity contribution in [2.75, 3.05) is 6.61 Å². The standard InChI is InChI=1S/C6H12O6.H2O/c7-1-2-3(8)4(9)5(10)6(11)12-2;/h2-11H,1H2;1H2/t2-,3+,4+,5-,6?;/m0./s1. The molecule has 1 rings (SSSR count). The zero-order valence-corrected chi connectivity index (χ0v) is 6.74. The Labute approximate surface area is 74.1 Å². The highest BCUT2D eigenvalue weighted by atomic mass is 16.6. The van der Waals surface area contributed by atoms with Gasteiger partial charge in [0.15, 0.2) is 6.29 Å². The predicted molar refractivity (Wildman–Crippen MR) is 39.6 cm³/mol. The van der Waals surface area contributed by atoms with E-state index in [4.69, 9.17) is 25.5 Å². The Morgan fingerprint density at radius 3 is 1.92 bits per heavy atom. The van der Waals surface area contributed by atoms with Crippen LogP contribution in [-0.4, -0.2) is 68.3 Å². The molecule has 0 aliphatic carbocycles. The molecule has 5 atom stereocenters. The molecule has 1 heterocycles. The Morgan fingerprint density at radius 1 is 0.923 bits per heavy atom. The van der Waals surface area contributed by atoms with Gasteiger partial charge in [-0.05, 0) is 0 Å². The Morgan fingerprint density at radius 2 is 1.46 bits per heavy atom. The first-order valence-electron chi connectivity index (χ1n) is 3.56. The molecule has 7 nitrogen and oxygen atoms in total. The summed E-state index contributed by atoms with van der Waals surface area (Å²) in [6, 6.07) is 0. The number of hydrogen-bond acceptors (Lipinski definition) is 6. The third kappa shape index (κ3) is 2.35. The molecule has 1 aliphatic rings. The van der Waals surface area contributed by atoms with E-state index < -0.39 is 37.3 Å². The second-order valence-electron chi connectivity index (χ2n) is 2.72. The van der Waals surface area contributed by atoms with Crippen LogP contribution in [0.5, 0.6) is 0 Å². The molecule has 0 aromatic heterocycles. The number of aliphatic hydroxyl groups excluding tert-OH is 5. The van der Waals surface area contributed by atoms with Gasteiger partial charge in [0.1, 0.15) is 24.4 Å². The van der Waals surface area contributed by atoms with Crippen LogP contribution in [0.15, 0.2) is 0 Å². The Bertz CT molecular complexity index is 147. The first-order valence-corrected chi connectivity index (χ1v) is 3.56. The summed E-state index contributed by atoms with van der Waals surface area (Å²) in [4.78, 5) is 0. The predicted octanol–water partition coefficient (Wildman–Crippen LogP) is -4.05. The van der Waals surface area contributed by atoms with Crippen LogP contribution in [0, 0.1) is 0 Å². The first kappa shape index (κ1) is 12.7. The molecule has 7 N–H and O–H groups in total. The summed E-state index contributed by atoms with van der Waals surface area (Å²) in [6.45, 7) is -0.526. The molecule has 7 heteroatoms. The minimum absolute atomic E-state index is 0. The second-order valence-corrected chi connectivity index (χ2v) is 2.72. The van der Waals surface area contributed by atoms with Crippen molar-refractivity contribution < 1.29 is 35.7 Å². The van der Waals surface area contributed by atoms with Crippen molar-refractivity contribution >= 4 is 0 Å². The maximum atomic E-state index is 9.12. The summed E-state index contributed by atoms with van der Waals surface area (Å²) in [5.41, 5.74) is 0. The highest BCUT2D eigenvalue weighted by Gasteiger charge is 2.42. The van der Waals surface area contributed by atoms with Gasteiger partial charge < -0.3 is 35.7 Å². The Balaban J connectivity index is 0.00000144. The first-order chi connectivity index (χ1) is 5.57. The maximum Gasteiger partial charge on any atom is 0.184 e. The van der Waals surface area contributed by atoms with Gasteiger partial charge in [0.2, 0.25) is 0 Å². The van der Waals surface area contributed by atoms with Crippen molar-refractivity contribution in [2.45, 2.75) is 30.7 Å². The number of aliphatic hydroxyl groups is 5. The smallest absolute Gasteiger partial charge is 0.184 e. The van der Waals surface area contributed by atoms with Crippen LogP contribution in [0.1, 0.15) is 0 Å². The Hall–Kier alpha value is -0.280. The molecule has 80 valence electrons. The number of hydrogen-bond donors (Lipinski definition) is 5. The average molecular weight is 198 g/mol. The van der Waals surface area contributed by atoms with E-state index in [1.807, 2.05) is 0 Å². The molecule has 1 saturated heterocycles.